The molecule has 1 amide bonds. The fraction of sp³-hybridized carbons (Fsp3) is 0.188. The zero-order chi connectivity index (χ0) is 13.8. The Labute approximate surface area is 118 Å². The summed E-state index contributed by atoms with van der Waals surface area (Å²) in [7, 11) is 0. The highest BCUT2D eigenvalue weighted by Gasteiger charge is 2.22. The molecule has 1 aliphatic heterocycles. The van der Waals surface area contributed by atoms with E-state index in [4.69, 9.17) is 4.74 Å². The summed E-state index contributed by atoms with van der Waals surface area (Å²) >= 11 is 0. The van der Waals surface area contributed by atoms with Crippen LogP contribution in [-0.2, 0) is 4.79 Å². The van der Waals surface area contributed by atoms with Gasteiger partial charge in [-0.05, 0) is 24.3 Å². The van der Waals surface area contributed by atoms with E-state index in [-0.39, 0.29) is 12.5 Å². The van der Waals surface area contributed by atoms with Crippen LogP contribution in [0.4, 0.5) is 11.4 Å². The Morgan fingerprint density at radius 2 is 1.85 bits per heavy atom. The summed E-state index contributed by atoms with van der Waals surface area (Å²) < 4.78 is 5.55. The van der Waals surface area contributed by atoms with Crippen molar-refractivity contribution in [2.75, 3.05) is 29.9 Å². The fourth-order valence-electron chi connectivity index (χ4n) is 2.26. The van der Waals surface area contributed by atoms with E-state index in [0.717, 1.165) is 17.1 Å². The number of carbonyl (C=O) groups is 1. The minimum atomic E-state index is 0.0459. The molecule has 3 rings (SSSR count). The first-order chi connectivity index (χ1) is 9.84. The fourth-order valence-corrected chi connectivity index (χ4v) is 2.26. The molecule has 0 aliphatic carbocycles. The zero-order valence-electron chi connectivity index (χ0n) is 11.1. The molecule has 4 nitrogen and oxygen atoms in total. The third kappa shape index (κ3) is 2.59. The van der Waals surface area contributed by atoms with E-state index in [1.165, 1.54) is 0 Å². The minimum absolute atomic E-state index is 0.0459. The van der Waals surface area contributed by atoms with Gasteiger partial charge in [0.15, 0.2) is 0 Å². The minimum Gasteiger partial charge on any atom is -0.490 e. The molecule has 0 saturated carbocycles. The summed E-state index contributed by atoms with van der Waals surface area (Å²) in [4.78, 5) is 14.1. The molecule has 1 heterocycles. The molecule has 0 unspecified atom stereocenters. The molecular formula is C16H16N2O2. The smallest absolute Gasteiger partial charge is 0.246 e. The van der Waals surface area contributed by atoms with Gasteiger partial charge < -0.3 is 15.0 Å². The van der Waals surface area contributed by atoms with Gasteiger partial charge in [0.2, 0.25) is 5.91 Å². The Bertz CT molecular complexity index is 598. The van der Waals surface area contributed by atoms with Crippen molar-refractivity contribution in [1.29, 1.82) is 0 Å². The maximum absolute atomic E-state index is 12.3. The topological polar surface area (TPSA) is 41.6 Å². The van der Waals surface area contributed by atoms with Crippen LogP contribution >= 0.6 is 0 Å². The van der Waals surface area contributed by atoms with Crippen LogP contribution in [0.5, 0.6) is 5.75 Å². The van der Waals surface area contributed by atoms with E-state index in [1.807, 2.05) is 54.6 Å². The van der Waals surface area contributed by atoms with Crippen LogP contribution in [0.25, 0.3) is 0 Å². The number of amides is 1. The van der Waals surface area contributed by atoms with Gasteiger partial charge in [-0.2, -0.15) is 0 Å². The van der Waals surface area contributed by atoms with Gasteiger partial charge in [0, 0.05) is 5.69 Å². The number of hydrogen-bond donors (Lipinski definition) is 1. The lowest BCUT2D eigenvalue weighted by molar-refractivity contribution is -0.117. The maximum atomic E-state index is 12.3. The third-order valence-corrected chi connectivity index (χ3v) is 3.25. The molecule has 1 aliphatic rings. The average Bonchev–Trinajstić information content (AvgIpc) is 2.53. The molecule has 0 saturated heterocycles. The predicted octanol–water partition coefficient (Wildman–Crippen LogP) is 2.52. The molecule has 0 atom stereocenters. The number of para-hydroxylation sites is 3. The highest BCUT2D eigenvalue weighted by atomic mass is 16.5. The molecule has 1 N–H and O–H groups in total. The van der Waals surface area contributed by atoms with Crippen molar-refractivity contribution < 1.29 is 9.53 Å². The third-order valence-electron chi connectivity index (χ3n) is 3.25. The van der Waals surface area contributed by atoms with Crippen LogP contribution in [0.2, 0.25) is 0 Å². The summed E-state index contributed by atoms with van der Waals surface area (Å²) in [6.45, 7) is 1.40. The number of hydrogen-bond acceptors (Lipinski definition) is 3. The standard InChI is InChI=1S/C16H16N2O2/c19-16(12-17-13-6-2-1-3-7-13)18-10-11-20-15-9-5-4-8-14(15)18/h1-9,17H,10-12H2. The Hall–Kier alpha value is -2.49. The normalized spacial score (nSPS) is 13.3. The van der Waals surface area contributed by atoms with Crippen molar-refractivity contribution in [2.45, 2.75) is 0 Å². The molecule has 0 aromatic heterocycles. The van der Waals surface area contributed by atoms with Crippen molar-refractivity contribution in [3.05, 3.63) is 54.6 Å². The van der Waals surface area contributed by atoms with Crippen molar-refractivity contribution in [1.82, 2.24) is 0 Å². The molecule has 0 fully saturated rings. The lowest BCUT2D eigenvalue weighted by Gasteiger charge is -2.29. The first-order valence-corrected chi connectivity index (χ1v) is 6.66. The van der Waals surface area contributed by atoms with Gasteiger partial charge in [-0.25, -0.2) is 0 Å². The maximum Gasteiger partial charge on any atom is 0.246 e. The van der Waals surface area contributed by atoms with Crippen LogP contribution in [0.1, 0.15) is 0 Å². The second-order valence-electron chi connectivity index (χ2n) is 4.58. The van der Waals surface area contributed by atoms with E-state index < -0.39 is 0 Å². The summed E-state index contributed by atoms with van der Waals surface area (Å²) in [6, 6.07) is 17.3. The Kier molecular flexibility index (Phi) is 3.54. The number of benzene rings is 2. The largest absolute Gasteiger partial charge is 0.490 e. The van der Waals surface area contributed by atoms with E-state index >= 15 is 0 Å². The van der Waals surface area contributed by atoms with Gasteiger partial charge in [-0.1, -0.05) is 30.3 Å². The summed E-state index contributed by atoms with van der Waals surface area (Å²) in [5.41, 5.74) is 1.79. The van der Waals surface area contributed by atoms with Gasteiger partial charge in [-0.3, -0.25) is 4.79 Å². The number of anilines is 2. The quantitative estimate of drug-likeness (QED) is 0.930. The monoisotopic (exact) mass is 268 g/mol. The molecule has 0 radical (unpaired) electrons. The van der Waals surface area contributed by atoms with Gasteiger partial charge in [-0.15, -0.1) is 0 Å². The molecule has 0 bridgehead atoms. The van der Waals surface area contributed by atoms with Gasteiger partial charge >= 0.3 is 0 Å². The van der Waals surface area contributed by atoms with Crippen LogP contribution in [0.3, 0.4) is 0 Å². The first-order valence-electron chi connectivity index (χ1n) is 6.66. The van der Waals surface area contributed by atoms with Crippen LogP contribution in [0.15, 0.2) is 54.6 Å². The zero-order valence-corrected chi connectivity index (χ0v) is 11.1. The van der Waals surface area contributed by atoms with E-state index in [2.05, 4.69) is 5.32 Å². The molecule has 2 aromatic rings. The Morgan fingerprint density at radius 1 is 1.10 bits per heavy atom. The summed E-state index contributed by atoms with van der Waals surface area (Å²) in [6.07, 6.45) is 0. The summed E-state index contributed by atoms with van der Waals surface area (Å²) in [5, 5.41) is 3.14. The predicted molar refractivity (Wildman–Crippen MR) is 79.2 cm³/mol. The number of ether oxygens (including phenoxy) is 1. The number of fused-ring (bicyclic) bond motifs is 1. The van der Waals surface area contributed by atoms with Crippen LogP contribution < -0.4 is 15.0 Å². The van der Waals surface area contributed by atoms with Crippen molar-refractivity contribution in [2.24, 2.45) is 0 Å². The molecule has 20 heavy (non-hydrogen) atoms. The lowest BCUT2D eigenvalue weighted by Crippen LogP contribution is -2.41. The average molecular weight is 268 g/mol. The Morgan fingerprint density at radius 3 is 2.70 bits per heavy atom. The van der Waals surface area contributed by atoms with Crippen LogP contribution in [-0.4, -0.2) is 25.6 Å². The van der Waals surface area contributed by atoms with Crippen molar-refractivity contribution in [3.8, 4) is 5.75 Å². The van der Waals surface area contributed by atoms with E-state index in [0.29, 0.717) is 13.2 Å². The van der Waals surface area contributed by atoms with E-state index in [1.54, 1.807) is 4.90 Å². The van der Waals surface area contributed by atoms with Crippen molar-refractivity contribution in [3.63, 3.8) is 0 Å². The highest BCUT2D eigenvalue weighted by molar-refractivity contribution is 5.97. The number of nitrogens with zero attached hydrogens (tertiary/aromatic N) is 1. The second-order valence-corrected chi connectivity index (χ2v) is 4.58. The van der Waals surface area contributed by atoms with Crippen LogP contribution in [0, 0.1) is 0 Å². The Balaban J connectivity index is 1.69. The molecule has 102 valence electrons. The summed E-state index contributed by atoms with van der Waals surface area (Å²) in [5.74, 6) is 0.816. The van der Waals surface area contributed by atoms with E-state index in [9.17, 15) is 4.79 Å². The SMILES string of the molecule is O=C(CNc1ccccc1)N1CCOc2ccccc21. The van der Waals surface area contributed by atoms with Crippen molar-refractivity contribution >= 4 is 17.3 Å². The van der Waals surface area contributed by atoms with Gasteiger partial charge in [0.05, 0.1) is 18.8 Å². The lowest BCUT2D eigenvalue weighted by atomic mass is 10.2. The molecular weight excluding hydrogens is 252 g/mol. The van der Waals surface area contributed by atoms with Gasteiger partial charge in [0.1, 0.15) is 12.4 Å². The first kappa shape index (κ1) is 12.5. The molecule has 4 heteroatoms. The number of rotatable bonds is 3. The number of nitrogens with one attached hydrogen (secondary N) is 1. The molecule has 2 aromatic carbocycles. The highest BCUT2D eigenvalue weighted by Crippen LogP contribution is 2.30. The second kappa shape index (κ2) is 5.65. The molecule has 0 spiro atoms. The number of carbonyl (C=O) groups excluding carboxylic acids is 1. The van der Waals surface area contributed by atoms with Gasteiger partial charge in [0.25, 0.3) is 0 Å².